The van der Waals surface area contributed by atoms with Crippen molar-refractivity contribution in [2.24, 2.45) is 0 Å². The van der Waals surface area contributed by atoms with Crippen LogP contribution in [0.2, 0.25) is 0 Å². The van der Waals surface area contributed by atoms with Crippen molar-refractivity contribution in [3.63, 3.8) is 0 Å². The summed E-state index contributed by atoms with van der Waals surface area (Å²) in [6, 6.07) is 0. The van der Waals surface area contributed by atoms with Gasteiger partial charge in [0, 0.05) is 4.83 Å². The predicted octanol–water partition coefficient (Wildman–Crippen LogP) is 3.73. The number of rotatable bonds is 3. The van der Waals surface area contributed by atoms with Crippen LogP contribution >= 0.6 is 79.6 Å². The molecule has 0 fully saturated rings. The number of aliphatic hydroxyl groups excluding tert-OH is 1. The first-order valence-corrected chi connectivity index (χ1v) is 6.85. The fraction of sp³-hybridized carbons (Fsp3) is 1.00. The molecule has 1 N–H and O–H groups in total. The molecule has 0 amide bonds. The summed E-state index contributed by atoms with van der Waals surface area (Å²) in [6.45, 7) is 1.94. The Morgan fingerprint density at radius 1 is 1.27 bits per heavy atom. The highest BCUT2D eigenvalue weighted by Crippen LogP contribution is 2.51. The van der Waals surface area contributed by atoms with Crippen LogP contribution in [0.5, 0.6) is 0 Å². The molecule has 0 aliphatic carbocycles. The summed E-state index contributed by atoms with van der Waals surface area (Å²) in [5, 5.41) is 9.00. The molecule has 1 unspecified atom stereocenters. The maximum absolute atomic E-state index is 9.00. The zero-order valence-corrected chi connectivity index (χ0v) is 13.6. The fourth-order valence-corrected chi connectivity index (χ4v) is 2.34. The molecule has 0 aliphatic heterocycles. The van der Waals surface area contributed by atoms with Crippen molar-refractivity contribution >= 4 is 79.6 Å². The van der Waals surface area contributed by atoms with Crippen molar-refractivity contribution < 1.29 is 5.11 Å². The van der Waals surface area contributed by atoms with Crippen LogP contribution in [0, 0.1) is 0 Å². The largest absolute Gasteiger partial charge is 0.394 e. The second-order valence-corrected chi connectivity index (χ2v) is 10.8. The van der Waals surface area contributed by atoms with Gasteiger partial charge in [-0.2, -0.15) is 0 Å². The molecule has 0 bridgehead atoms. The van der Waals surface area contributed by atoms with Gasteiger partial charge in [-0.1, -0.05) is 86.6 Å². The van der Waals surface area contributed by atoms with Gasteiger partial charge in [0.25, 0.3) is 0 Å². The third-order valence-corrected chi connectivity index (χ3v) is 9.71. The number of halogens is 5. The van der Waals surface area contributed by atoms with Crippen LogP contribution in [0.1, 0.15) is 6.92 Å². The third kappa shape index (κ3) is 3.20. The Morgan fingerprint density at radius 2 is 1.64 bits per heavy atom. The highest BCUT2D eigenvalue weighted by atomic mass is 79.9. The van der Waals surface area contributed by atoms with Crippen LogP contribution in [-0.4, -0.2) is 23.0 Å². The first-order valence-electron chi connectivity index (χ1n) is 2.76. The zero-order chi connectivity index (χ0) is 9.28. The van der Waals surface area contributed by atoms with E-state index in [4.69, 9.17) is 5.11 Å². The van der Waals surface area contributed by atoms with E-state index in [1.54, 1.807) is 0 Å². The molecule has 0 aromatic rings. The summed E-state index contributed by atoms with van der Waals surface area (Å²) < 4.78 is -1.00. The standard InChI is InChI=1S/C5H7Br5O/c1-3(6)5(9,10)4(7,8)2-11/h3,11H,2H2,1H3. The summed E-state index contributed by atoms with van der Waals surface area (Å²) in [4.78, 5) is 0.154. The molecule has 0 aromatic heterocycles. The van der Waals surface area contributed by atoms with Crippen molar-refractivity contribution in [3.05, 3.63) is 0 Å². The molecular weight excluding hydrogens is 476 g/mol. The second kappa shape index (κ2) is 4.73. The van der Waals surface area contributed by atoms with E-state index in [1.807, 2.05) is 6.92 Å². The van der Waals surface area contributed by atoms with Crippen LogP contribution in [-0.2, 0) is 0 Å². The Labute approximate surface area is 108 Å². The highest BCUT2D eigenvalue weighted by molar-refractivity contribution is 9.30. The molecule has 6 heteroatoms. The van der Waals surface area contributed by atoms with Crippen LogP contribution in [0.25, 0.3) is 0 Å². The van der Waals surface area contributed by atoms with Gasteiger partial charge in [-0.3, -0.25) is 0 Å². The van der Waals surface area contributed by atoms with E-state index >= 15 is 0 Å². The molecular formula is C5H7Br5O. The monoisotopic (exact) mass is 478 g/mol. The summed E-state index contributed by atoms with van der Waals surface area (Å²) >= 11 is 17.0. The average Bonchev–Trinajstić information content (AvgIpc) is 1.87. The second-order valence-electron chi connectivity index (χ2n) is 2.10. The average molecular weight is 483 g/mol. The molecule has 0 aliphatic rings. The molecule has 0 saturated carbocycles. The van der Waals surface area contributed by atoms with Gasteiger partial charge in [-0.05, 0) is 0 Å². The van der Waals surface area contributed by atoms with Crippen LogP contribution < -0.4 is 0 Å². The Bertz CT molecular complexity index is 133. The number of hydrogen-bond donors (Lipinski definition) is 1. The zero-order valence-electron chi connectivity index (χ0n) is 5.62. The molecule has 0 spiro atoms. The molecule has 0 saturated heterocycles. The van der Waals surface area contributed by atoms with E-state index in [-0.39, 0.29) is 11.4 Å². The minimum atomic E-state index is -0.573. The lowest BCUT2D eigenvalue weighted by molar-refractivity contribution is 0.284. The molecule has 0 heterocycles. The van der Waals surface area contributed by atoms with Gasteiger partial charge >= 0.3 is 0 Å². The first-order chi connectivity index (χ1) is 4.75. The van der Waals surface area contributed by atoms with Crippen LogP contribution in [0.3, 0.4) is 0 Å². The van der Waals surface area contributed by atoms with Crippen molar-refractivity contribution in [2.45, 2.75) is 18.2 Å². The van der Waals surface area contributed by atoms with E-state index in [0.29, 0.717) is 0 Å². The number of hydrogen-bond acceptors (Lipinski definition) is 1. The lowest BCUT2D eigenvalue weighted by Gasteiger charge is -2.35. The van der Waals surface area contributed by atoms with Crippen molar-refractivity contribution in [3.8, 4) is 0 Å². The Kier molecular flexibility index (Phi) is 5.75. The van der Waals surface area contributed by atoms with Gasteiger partial charge in [-0.15, -0.1) is 0 Å². The first kappa shape index (κ1) is 13.4. The predicted molar refractivity (Wildman–Crippen MR) is 66.6 cm³/mol. The Morgan fingerprint density at radius 3 is 1.73 bits per heavy atom. The lowest BCUT2D eigenvalue weighted by atomic mass is 10.2. The molecule has 1 nitrogen and oxygen atoms in total. The Balaban J connectivity index is 4.53. The maximum Gasteiger partial charge on any atom is 0.129 e. The van der Waals surface area contributed by atoms with Crippen LogP contribution in [0.15, 0.2) is 0 Å². The molecule has 1 atom stereocenters. The van der Waals surface area contributed by atoms with Gasteiger partial charge in [0.15, 0.2) is 0 Å². The van der Waals surface area contributed by atoms with Gasteiger partial charge in [-0.25, -0.2) is 0 Å². The topological polar surface area (TPSA) is 20.2 Å². The van der Waals surface area contributed by atoms with E-state index in [0.717, 1.165) is 0 Å². The molecule has 0 rings (SSSR count). The molecule has 0 radical (unpaired) electrons. The van der Waals surface area contributed by atoms with Gasteiger partial charge in [0.1, 0.15) is 6.47 Å². The molecule has 68 valence electrons. The Hall–Kier alpha value is 2.36. The minimum absolute atomic E-state index is 0.0283. The number of aliphatic hydroxyl groups is 1. The fourth-order valence-electron chi connectivity index (χ4n) is 0.396. The lowest BCUT2D eigenvalue weighted by Crippen LogP contribution is -2.43. The van der Waals surface area contributed by atoms with E-state index in [2.05, 4.69) is 79.6 Å². The summed E-state index contributed by atoms with van der Waals surface area (Å²) in [7, 11) is 0. The SMILES string of the molecule is CC(Br)C(Br)(Br)C(Br)(Br)CO. The maximum atomic E-state index is 9.00. The molecule has 11 heavy (non-hydrogen) atoms. The summed E-state index contributed by atoms with van der Waals surface area (Å²) in [5.41, 5.74) is 0. The van der Waals surface area contributed by atoms with Crippen molar-refractivity contribution in [1.82, 2.24) is 0 Å². The smallest absolute Gasteiger partial charge is 0.129 e. The van der Waals surface area contributed by atoms with Crippen molar-refractivity contribution in [2.75, 3.05) is 6.61 Å². The minimum Gasteiger partial charge on any atom is -0.394 e. The van der Waals surface area contributed by atoms with Crippen LogP contribution in [0.4, 0.5) is 0 Å². The van der Waals surface area contributed by atoms with E-state index in [1.165, 1.54) is 0 Å². The summed E-state index contributed by atoms with van der Waals surface area (Å²) in [6.07, 6.45) is 0. The normalized spacial score (nSPS) is 16.6. The van der Waals surface area contributed by atoms with Gasteiger partial charge < -0.3 is 5.11 Å². The third-order valence-electron chi connectivity index (χ3n) is 1.19. The molecule has 0 aromatic carbocycles. The number of alkyl halides is 5. The van der Waals surface area contributed by atoms with E-state index in [9.17, 15) is 0 Å². The van der Waals surface area contributed by atoms with Crippen molar-refractivity contribution in [1.29, 1.82) is 0 Å². The highest BCUT2D eigenvalue weighted by Gasteiger charge is 2.47. The van der Waals surface area contributed by atoms with E-state index < -0.39 is 6.47 Å². The van der Waals surface area contributed by atoms with Gasteiger partial charge in [0.05, 0.1) is 6.61 Å². The van der Waals surface area contributed by atoms with Gasteiger partial charge in [0.2, 0.25) is 0 Å². The quantitative estimate of drug-likeness (QED) is 0.608. The summed E-state index contributed by atoms with van der Waals surface area (Å²) in [5.74, 6) is 0.